The number of hydrogen-bond acceptors (Lipinski definition) is 4. The molecule has 1 aromatic heterocycles. The van der Waals surface area contributed by atoms with Gasteiger partial charge in [0, 0.05) is 5.70 Å². The van der Waals surface area contributed by atoms with E-state index in [1.165, 1.54) is 0 Å². The minimum absolute atomic E-state index is 0.268. The van der Waals surface area contributed by atoms with Crippen LogP contribution in [0.1, 0.15) is 38.3 Å². The number of allylic oxidation sites excluding steroid dienone is 1. The fourth-order valence-corrected chi connectivity index (χ4v) is 3.73. The molecule has 27 heavy (non-hydrogen) atoms. The average molecular weight is 361 g/mol. The number of rotatable bonds is 5. The Morgan fingerprint density at radius 3 is 2.59 bits per heavy atom. The van der Waals surface area contributed by atoms with Crippen LogP contribution in [0.2, 0.25) is 0 Å². The van der Waals surface area contributed by atoms with E-state index in [0.717, 1.165) is 41.1 Å². The molecule has 5 heteroatoms. The Kier molecular flexibility index (Phi) is 4.67. The number of fused-ring (bicyclic) bond motifs is 3. The quantitative estimate of drug-likeness (QED) is 0.671. The molecule has 3 aromatic rings. The molecule has 1 aliphatic heterocycles. The number of para-hydroxylation sites is 2. The fourth-order valence-electron chi connectivity index (χ4n) is 3.73. The number of ether oxygens (including phenoxy) is 1. The third-order valence-corrected chi connectivity index (χ3v) is 4.83. The summed E-state index contributed by atoms with van der Waals surface area (Å²) >= 11 is 0. The number of carbonyl (C=O) groups is 1. The van der Waals surface area contributed by atoms with Crippen molar-refractivity contribution in [2.24, 2.45) is 0 Å². The Hall–Kier alpha value is -3.08. The molecule has 2 aromatic carbocycles. The van der Waals surface area contributed by atoms with E-state index in [4.69, 9.17) is 9.72 Å². The van der Waals surface area contributed by atoms with Gasteiger partial charge in [0.1, 0.15) is 0 Å². The smallest absolute Gasteiger partial charge is 0.338 e. The SMILES string of the molecule is CCCC1=C(C(=O)OCC)[C@H](c2ccccc2)n2c(nc3ccccc32)N1. The molecule has 1 aliphatic rings. The van der Waals surface area contributed by atoms with Gasteiger partial charge in [-0.25, -0.2) is 9.78 Å². The lowest BCUT2D eigenvalue weighted by atomic mass is 9.93. The maximum absolute atomic E-state index is 13.0. The molecule has 0 aliphatic carbocycles. The van der Waals surface area contributed by atoms with Gasteiger partial charge in [0.2, 0.25) is 5.95 Å². The highest BCUT2D eigenvalue weighted by Crippen LogP contribution is 2.40. The van der Waals surface area contributed by atoms with Crippen LogP contribution < -0.4 is 5.32 Å². The molecule has 4 rings (SSSR count). The van der Waals surface area contributed by atoms with E-state index in [1.807, 2.05) is 49.4 Å². The van der Waals surface area contributed by atoms with Gasteiger partial charge in [-0.1, -0.05) is 55.8 Å². The lowest BCUT2D eigenvalue weighted by Crippen LogP contribution is -2.29. The third kappa shape index (κ3) is 2.99. The van der Waals surface area contributed by atoms with E-state index in [1.54, 1.807) is 0 Å². The van der Waals surface area contributed by atoms with Crippen molar-refractivity contribution in [3.63, 3.8) is 0 Å². The monoisotopic (exact) mass is 361 g/mol. The normalized spacial score (nSPS) is 16.1. The molecule has 0 saturated heterocycles. The summed E-state index contributed by atoms with van der Waals surface area (Å²) in [6, 6.07) is 17.8. The first-order valence-electron chi connectivity index (χ1n) is 9.43. The maximum Gasteiger partial charge on any atom is 0.338 e. The average Bonchev–Trinajstić information content (AvgIpc) is 3.06. The lowest BCUT2D eigenvalue weighted by molar-refractivity contribution is -0.139. The standard InChI is InChI=1S/C22H23N3O2/c1-3-10-17-19(21(26)27-4-2)20(15-11-6-5-7-12-15)25-18-14-9-8-13-16(18)23-22(25)24-17/h5-9,11-14,20H,3-4,10H2,1-2H3,(H,23,24)/t20-/m0/s1. The van der Waals surface area contributed by atoms with Crippen LogP contribution in [0.5, 0.6) is 0 Å². The molecule has 2 heterocycles. The number of imidazole rings is 1. The second-order valence-corrected chi connectivity index (χ2v) is 6.60. The minimum atomic E-state index is -0.272. The molecule has 1 atom stereocenters. The summed E-state index contributed by atoms with van der Waals surface area (Å²) in [4.78, 5) is 17.7. The van der Waals surface area contributed by atoms with Gasteiger partial charge < -0.3 is 10.1 Å². The van der Waals surface area contributed by atoms with E-state index >= 15 is 0 Å². The fraction of sp³-hybridized carbons (Fsp3) is 0.273. The molecular formula is C22H23N3O2. The van der Waals surface area contributed by atoms with Crippen LogP contribution in [-0.2, 0) is 9.53 Å². The van der Waals surface area contributed by atoms with Gasteiger partial charge in [0.25, 0.3) is 0 Å². The summed E-state index contributed by atoms with van der Waals surface area (Å²) in [5, 5.41) is 3.41. The van der Waals surface area contributed by atoms with Gasteiger partial charge in [-0.05, 0) is 31.0 Å². The summed E-state index contributed by atoms with van der Waals surface area (Å²) in [6.45, 7) is 4.29. The first-order valence-corrected chi connectivity index (χ1v) is 9.43. The van der Waals surface area contributed by atoms with E-state index in [-0.39, 0.29) is 12.0 Å². The van der Waals surface area contributed by atoms with E-state index in [9.17, 15) is 4.79 Å². The number of hydrogen-bond donors (Lipinski definition) is 1. The molecule has 0 amide bonds. The van der Waals surface area contributed by atoms with Crippen molar-refractivity contribution < 1.29 is 9.53 Å². The molecule has 138 valence electrons. The van der Waals surface area contributed by atoms with Gasteiger partial charge in [0.15, 0.2) is 0 Å². The number of anilines is 1. The van der Waals surface area contributed by atoms with Crippen LogP contribution in [0.4, 0.5) is 5.95 Å². The molecule has 0 fully saturated rings. The zero-order valence-corrected chi connectivity index (χ0v) is 15.6. The van der Waals surface area contributed by atoms with E-state index in [0.29, 0.717) is 12.2 Å². The van der Waals surface area contributed by atoms with Crippen LogP contribution in [0, 0.1) is 0 Å². The Labute approximate surface area is 158 Å². The van der Waals surface area contributed by atoms with Crippen molar-refractivity contribution in [2.75, 3.05) is 11.9 Å². The highest BCUT2D eigenvalue weighted by Gasteiger charge is 2.35. The van der Waals surface area contributed by atoms with Crippen LogP contribution >= 0.6 is 0 Å². The van der Waals surface area contributed by atoms with Gasteiger partial charge in [-0.3, -0.25) is 4.57 Å². The highest BCUT2D eigenvalue weighted by molar-refractivity contribution is 5.94. The van der Waals surface area contributed by atoms with Crippen LogP contribution in [0.15, 0.2) is 65.9 Å². The van der Waals surface area contributed by atoms with Gasteiger partial charge in [-0.2, -0.15) is 0 Å². The Balaban J connectivity index is 1.99. The number of benzene rings is 2. The van der Waals surface area contributed by atoms with E-state index < -0.39 is 0 Å². The molecule has 0 saturated carbocycles. The van der Waals surface area contributed by atoms with Crippen LogP contribution in [0.25, 0.3) is 11.0 Å². The van der Waals surface area contributed by atoms with Crippen molar-refractivity contribution in [3.05, 3.63) is 71.4 Å². The zero-order valence-electron chi connectivity index (χ0n) is 15.6. The molecule has 1 N–H and O–H groups in total. The third-order valence-electron chi connectivity index (χ3n) is 4.83. The zero-order chi connectivity index (χ0) is 18.8. The Morgan fingerprint density at radius 1 is 1.11 bits per heavy atom. The van der Waals surface area contributed by atoms with Crippen molar-refractivity contribution in [1.29, 1.82) is 0 Å². The molecular weight excluding hydrogens is 338 g/mol. The second kappa shape index (κ2) is 7.27. The first kappa shape index (κ1) is 17.3. The summed E-state index contributed by atoms with van der Waals surface area (Å²) in [6.07, 6.45) is 1.69. The van der Waals surface area contributed by atoms with Gasteiger partial charge >= 0.3 is 5.97 Å². The number of aromatic nitrogens is 2. The summed E-state index contributed by atoms with van der Waals surface area (Å²) in [5.41, 5.74) is 4.50. The number of nitrogens with zero attached hydrogens (tertiary/aromatic N) is 2. The lowest BCUT2D eigenvalue weighted by Gasteiger charge is -2.31. The predicted octanol–water partition coefficient (Wildman–Crippen LogP) is 4.67. The number of esters is 1. The second-order valence-electron chi connectivity index (χ2n) is 6.60. The summed E-state index contributed by atoms with van der Waals surface area (Å²) < 4.78 is 7.55. The number of carbonyl (C=O) groups excluding carboxylic acids is 1. The minimum Gasteiger partial charge on any atom is -0.463 e. The topological polar surface area (TPSA) is 56.2 Å². The molecule has 0 radical (unpaired) electrons. The van der Waals surface area contributed by atoms with E-state index in [2.05, 4.69) is 28.9 Å². The molecule has 5 nitrogen and oxygen atoms in total. The van der Waals surface area contributed by atoms with Crippen molar-refractivity contribution >= 4 is 23.0 Å². The Morgan fingerprint density at radius 2 is 1.85 bits per heavy atom. The van der Waals surface area contributed by atoms with Crippen molar-refractivity contribution in [3.8, 4) is 0 Å². The molecule has 0 spiro atoms. The predicted molar refractivity (Wildman–Crippen MR) is 107 cm³/mol. The summed E-state index contributed by atoms with van der Waals surface area (Å²) in [5.74, 6) is 0.493. The highest BCUT2D eigenvalue weighted by atomic mass is 16.5. The molecule has 0 bridgehead atoms. The van der Waals surface area contributed by atoms with Gasteiger partial charge in [-0.15, -0.1) is 0 Å². The number of nitrogens with one attached hydrogen (secondary N) is 1. The van der Waals surface area contributed by atoms with Crippen LogP contribution in [0.3, 0.4) is 0 Å². The molecule has 0 unspecified atom stereocenters. The van der Waals surface area contributed by atoms with Gasteiger partial charge in [0.05, 0.1) is 29.3 Å². The summed E-state index contributed by atoms with van der Waals surface area (Å²) in [7, 11) is 0. The van der Waals surface area contributed by atoms with Crippen LogP contribution in [-0.4, -0.2) is 22.1 Å². The Bertz CT molecular complexity index is 1000. The first-order chi connectivity index (χ1) is 13.2. The van der Waals surface area contributed by atoms with Crippen molar-refractivity contribution in [1.82, 2.24) is 9.55 Å². The largest absolute Gasteiger partial charge is 0.463 e. The maximum atomic E-state index is 13.0. The van der Waals surface area contributed by atoms with Crippen molar-refractivity contribution in [2.45, 2.75) is 32.7 Å².